The van der Waals surface area contributed by atoms with Gasteiger partial charge in [0.05, 0.1) is 18.7 Å². The van der Waals surface area contributed by atoms with Gasteiger partial charge in [0.25, 0.3) is 11.8 Å². The number of nitrogens with zero attached hydrogens (tertiary/aromatic N) is 1. The maximum absolute atomic E-state index is 13.3. The summed E-state index contributed by atoms with van der Waals surface area (Å²) in [4.78, 5) is 27.7. The van der Waals surface area contributed by atoms with Crippen molar-refractivity contribution in [2.45, 2.75) is 13.5 Å². The Morgan fingerprint density at radius 3 is 2.35 bits per heavy atom. The van der Waals surface area contributed by atoms with Gasteiger partial charge >= 0.3 is 0 Å². The lowest BCUT2D eigenvalue weighted by Crippen LogP contribution is -2.32. The lowest BCUT2D eigenvalue weighted by molar-refractivity contribution is -0.137. The molecule has 5 nitrogen and oxygen atoms in total. The summed E-state index contributed by atoms with van der Waals surface area (Å²) in [7, 11) is 0. The topological polar surface area (TPSA) is 58.6 Å². The minimum atomic E-state index is -0.435. The lowest BCUT2D eigenvalue weighted by atomic mass is 10.0. The van der Waals surface area contributed by atoms with Gasteiger partial charge in [-0.2, -0.15) is 0 Å². The molecule has 2 amide bonds. The van der Waals surface area contributed by atoms with Crippen LogP contribution in [-0.2, 0) is 16.1 Å². The second-order valence-electron chi connectivity index (χ2n) is 7.02. The Bertz CT molecular complexity index is 1140. The zero-order valence-electron chi connectivity index (χ0n) is 17.0. The normalized spacial score (nSPS) is 13.7. The summed E-state index contributed by atoms with van der Waals surface area (Å²) in [5.74, 6) is -0.546. The number of imide groups is 1. The molecule has 0 fully saturated rings. The van der Waals surface area contributed by atoms with Gasteiger partial charge in [-0.05, 0) is 42.3 Å². The first kappa shape index (κ1) is 20.3. The molecule has 31 heavy (non-hydrogen) atoms. The smallest absolute Gasteiger partial charge is 0.278 e. The van der Waals surface area contributed by atoms with Crippen LogP contribution in [0.5, 0.6) is 5.75 Å². The molecule has 1 heterocycles. The van der Waals surface area contributed by atoms with Crippen LogP contribution in [0.15, 0.2) is 84.6 Å². The van der Waals surface area contributed by atoms with Crippen LogP contribution >= 0.6 is 0 Å². The standard InChI is InChI=1S/C25H21FN2O3/c1-2-31-21-10-6-9-20(15-21)27-23-22(18-7-4-3-5-8-18)24(29)28(25(23)30)16-17-11-13-19(26)14-12-17/h3-15,27H,2,16H2,1H3. The van der Waals surface area contributed by atoms with Gasteiger partial charge < -0.3 is 10.1 Å². The van der Waals surface area contributed by atoms with E-state index in [-0.39, 0.29) is 18.1 Å². The number of carbonyl (C=O) groups is 2. The molecule has 0 atom stereocenters. The van der Waals surface area contributed by atoms with Crippen molar-refractivity contribution in [3.05, 3.63) is 102 Å². The number of amides is 2. The summed E-state index contributed by atoms with van der Waals surface area (Å²) in [6.07, 6.45) is 0. The van der Waals surface area contributed by atoms with E-state index in [2.05, 4.69) is 5.32 Å². The largest absolute Gasteiger partial charge is 0.494 e. The summed E-state index contributed by atoms with van der Waals surface area (Å²) >= 11 is 0. The van der Waals surface area contributed by atoms with Crippen molar-refractivity contribution in [2.24, 2.45) is 0 Å². The summed E-state index contributed by atoms with van der Waals surface area (Å²) in [5, 5.41) is 3.12. The van der Waals surface area contributed by atoms with Crippen LogP contribution in [0, 0.1) is 5.82 Å². The van der Waals surface area contributed by atoms with Gasteiger partial charge in [-0.1, -0.05) is 48.5 Å². The van der Waals surface area contributed by atoms with Crippen LogP contribution in [0.4, 0.5) is 10.1 Å². The summed E-state index contributed by atoms with van der Waals surface area (Å²) in [6.45, 7) is 2.46. The Kier molecular flexibility index (Phi) is 5.80. The number of hydrogen-bond donors (Lipinski definition) is 1. The predicted octanol–water partition coefficient (Wildman–Crippen LogP) is 4.62. The molecular formula is C25H21FN2O3. The molecular weight excluding hydrogens is 395 g/mol. The first-order valence-corrected chi connectivity index (χ1v) is 9.97. The Labute approximate surface area is 179 Å². The zero-order chi connectivity index (χ0) is 21.8. The number of rotatable bonds is 7. The van der Waals surface area contributed by atoms with E-state index in [9.17, 15) is 14.0 Å². The third-order valence-electron chi connectivity index (χ3n) is 4.90. The van der Waals surface area contributed by atoms with Crippen molar-refractivity contribution >= 4 is 23.1 Å². The lowest BCUT2D eigenvalue weighted by Gasteiger charge is -2.15. The molecule has 6 heteroatoms. The third-order valence-corrected chi connectivity index (χ3v) is 4.90. The summed E-state index contributed by atoms with van der Waals surface area (Å²) < 4.78 is 18.8. The van der Waals surface area contributed by atoms with Crippen LogP contribution in [-0.4, -0.2) is 23.3 Å². The fourth-order valence-corrected chi connectivity index (χ4v) is 3.46. The van der Waals surface area contributed by atoms with Gasteiger partial charge in [-0.3, -0.25) is 14.5 Å². The van der Waals surface area contributed by atoms with Gasteiger partial charge in [0.15, 0.2) is 0 Å². The van der Waals surface area contributed by atoms with Crippen molar-refractivity contribution in [3.8, 4) is 5.75 Å². The van der Waals surface area contributed by atoms with Crippen molar-refractivity contribution in [3.63, 3.8) is 0 Å². The quantitative estimate of drug-likeness (QED) is 0.571. The first-order chi connectivity index (χ1) is 15.1. The number of anilines is 1. The highest BCUT2D eigenvalue weighted by molar-refractivity contribution is 6.36. The van der Waals surface area contributed by atoms with Gasteiger partial charge in [-0.25, -0.2) is 4.39 Å². The highest BCUT2D eigenvalue weighted by Crippen LogP contribution is 2.32. The minimum Gasteiger partial charge on any atom is -0.494 e. The van der Waals surface area contributed by atoms with E-state index in [1.807, 2.05) is 37.3 Å². The number of halogens is 1. The molecule has 4 rings (SSSR count). The molecule has 0 bridgehead atoms. The fourth-order valence-electron chi connectivity index (χ4n) is 3.46. The van der Waals surface area contributed by atoms with Gasteiger partial charge in [0.1, 0.15) is 17.3 Å². The number of hydrogen-bond acceptors (Lipinski definition) is 4. The van der Waals surface area contributed by atoms with Crippen molar-refractivity contribution in [1.29, 1.82) is 0 Å². The Balaban J connectivity index is 1.70. The fraction of sp³-hybridized carbons (Fsp3) is 0.120. The average molecular weight is 416 g/mol. The molecule has 0 spiro atoms. The molecule has 0 saturated heterocycles. The highest BCUT2D eigenvalue weighted by atomic mass is 19.1. The van der Waals surface area contributed by atoms with Gasteiger partial charge in [0.2, 0.25) is 0 Å². The van der Waals surface area contributed by atoms with Crippen LogP contribution in [0.1, 0.15) is 18.1 Å². The highest BCUT2D eigenvalue weighted by Gasteiger charge is 2.39. The number of benzene rings is 3. The van der Waals surface area contributed by atoms with Crippen LogP contribution in [0.25, 0.3) is 5.57 Å². The number of nitrogens with one attached hydrogen (secondary N) is 1. The molecule has 1 aliphatic heterocycles. The molecule has 156 valence electrons. The second kappa shape index (κ2) is 8.83. The van der Waals surface area contributed by atoms with E-state index >= 15 is 0 Å². The van der Waals surface area contributed by atoms with E-state index in [1.165, 1.54) is 17.0 Å². The Morgan fingerprint density at radius 2 is 1.65 bits per heavy atom. The molecule has 0 aromatic heterocycles. The average Bonchev–Trinajstić information content (AvgIpc) is 3.00. The Hall–Kier alpha value is -3.93. The maximum atomic E-state index is 13.3. The van der Waals surface area contributed by atoms with E-state index in [0.29, 0.717) is 34.7 Å². The molecule has 1 aliphatic rings. The van der Waals surface area contributed by atoms with E-state index in [1.54, 1.807) is 36.4 Å². The molecule has 0 aliphatic carbocycles. The molecule has 0 radical (unpaired) electrons. The number of ether oxygens (including phenoxy) is 1. The Morgan fingerprint density at radius 1 is 0.903 bits per heavy atom. The van der Waals surface area contributed by atoms with Gasteiger partial charge in [0, 0.05) is 11.8 Å². The predicted molar refractivity (Wildman–Crippen MR) is 117 cm³/mol. The monoisotopic (exact) mass is 416 g/mol. The van der Waals surface area contributed by atoms with Crippen molar-refractivity contribution < 1.29 is 18.7 Å². The minimum absolute atomic E-state index is 0.0540. The molecule has 1 N–H and O–H groups in total. The van der Waals surface area contributed by atoms with E-state index in [4.69, 9.17) is 4.74 Å². The maximum Gasteiger partial charge on any atom is 0.278 e. The number of carbonyl (C=O) groups excluding carboxylic acids is 2. The third kappa shape index (κ3) is 4.33. The van der Waals surface area contributed by atoms with E-state index in [0.717, 1.165) is 0 Å². The van der Waals surface area contributed by atoms with Crippen LogP contribution in [0.3, 0.4) is 0 Å². The molecule has 3 aromatic rings. The molecule has 0 saturated carbocycles. The molecule has 0 unspecified atom stereocenters. The summed E-state index contributed by atoms with van der Waals surface area (Å²) in [5.41, 5.74) is 2.45. The molecule has 3 aromatic carbocycles. The van der Waals surface area contributed by atoms with E-state index < -0.39 is 11.8 Å². The first-order valence-electron chi connectivity index (χ1n) is 9.97. The van der Waals surface area contributed by atoms with Crippen LogP contribution in [0.2, 0.25) is 0 Å². The van der Waals surface area contributed by atoms with Crippen molar-refractivity contribution in [2.75, 3.05) is 11.9 Å². The van der Waals surface area contributed by atoms with Gasteiger partial charge in [-0.15, -0.1) is 0 Å². The SMILES string of the molecule is CCOc1cccc(NC2=C(c3ccccc3)C(=O)N(Cc3ccc(F)cc3)C2=O)c1. The van der Waals surface area contributed by atoms with Crippen LogP contribution < -0.4 is 10.1 Å². The summed E-state index contributed by atoms with van der Waals surface area (Å²) in [6, 6.07) is 22.0. The second-order valence-corrected chi connectivity index (χ2v) is 7.02. The van der Waals surface area contributed by atoms with Crippen molar-refractivity contribution in [1.82, 2.24) is 4.90 Å². The zero-order valence-corrected chi connectivity index (χ0v) is 17.0.